The normalized spacial score (nSPS) is 14.5. The first-order valence-electron chi connectivity index (χ1n) is 4.26. The minimum atomic E-state index is -4.07. The van der Waals surface area contributed by atoms with Gasteiger partial charge >= 0.3 is 5.51 Å². The molecule has 0 radical (unpaired) electrons. The van der Waals surface area contributed by atoms with Gasteiger partial charge in [0.1, 0.15) is 0 Å². The van der Waals surface area contributed by atoms with Gasteiger partial charge in [0.05, 0.1) is 0 Å². The molecule has 5 heteroatoms. The van der Waals surface area contributed by atoms with E-state index in [1.165, 1.54) is 0 Å². The molecule has 0 rings (SSSR count). The van der Waals surface area contributed by atoms with Gasteiger partial charge in [-0.1, -0.05) is 41.0 Å². The lowest BCUT2D eigenvalue weighted by atomic mass is 10.0. The number of halogens is 4. The van der Waals surface area contributed by atoms with Crippen molar-refractivity contribution in [3.05, 3.63) is 0 Å². The molecule has 0 N–H and O–H groups in total. The molecule has 0 nitrogen and oxygen atoms in total. The molecule has 0 spiro atoms. The fourth-order valence-electron chi connectivity index (χ4n) is 1.05. The first-order valence-corrected chi connectivity index (χ1v) is 6.37. The molecule has 0 saturated heterocycles. The van der Waals surface area contributed by atoms with Crippen LogP contribution in [0.3, 0.4) is 0 Å². The van der Waals surface area contributed by atoms with Crippen molar-refractivity contribution in [1.82, 2.24) is 0 Å². The van der Waals surface area contributed by atoms with Crippen LogP contribution in [-0.4, -0.2) is 16.6 Å². The Morgan fingerprint density at radius 3 is 2.31 bits per heavy atom. The predicted octanol–water partition coefficient (Wildman–Crippen LogP) is 4.44. The fourth-order valence-corrected chi connectivity index (χ4v) is 2.38. The lowest BCUT2D eigenvalue weighted by molar-refractivity contribution is -0.0328. The molecule has 80 valence electrons. The molecular formula is C8H14BrF3S. The van der Waals surface area contributed by atoms with Crippen molar-refractivity contribution < 1.29 is 13.2 Å². The summed E-state index contributed by atoms with van der Waals surface area (Å²) in [4.78, 5) is 0. The van der Waals surface area contributed by atoms with Gasteiger partial charge in [0, 0.05) is 11.1 Å². The molecule has 0 amide bonds. The molecule has 1 atom stereocenters. The number of alkyl halides is 4. The van der Waals surface area contributed by atoms with E-state index in [0.717, 1.165) is 18.2 Å². The maximum Gasteiger partial charge on any atom is 0.441 e. The highest BCUT2D eigenvalue weighted by Gasteiger charge is 2.27. The summed E-state index contributed by atoms with van der Waals surface area (Å²) in [6.07, 6.45) is 2.68. The Bertz CT molecular complexity index is 127. The molecule has 0 aliphatic rings. The van der Waals surface area contributed by atoms with Gasteiger partial charge in [-0.25, -0.2) is 0 Å². The molecule has 0 heterocycles. The molecule has 0 bridgehead atoms. The van der Waals surface area contributed by atoms with Crippen LogP contribution in [0.4, 0.5) is 13.2 Å². The van der Waals surface area contributed by atoms with E-state index in [4.69, 9.17) is 0 Å². The molecular weight excluding hydrogens is 265 g/mol. The predicted molar refractivity (Wildman–Crippen MR) is 55.3 cm³/mol. The number of thioether (sulfide) groups is 1. The topological polar surface area (TPSA) is 0 Å². The zero-order valence-corrected chi connectivity index (χ0v) is 9.94. The van der Waals surface area contributed by atoms with Crippen molar-refractivity contribution in [2.24, 2.45) is 5.92 Å². The second-order valence-corrected chi connectivity index (χ2v) is 4.70. The Hall–Kier alpha value is 0.620. The van der Waals surface area contributed by atoms with Crippen LogP contribution in [-0.2, 0) is 0 Å². The second kappa shape index (κ2) is 6.98. The Morgan fingerprint density at radius 2 is 1.92 bits per heavy atom. The largest absolute Gasteiger partial charge is 0.441 e. The SMILES string of the molecule is CCCC(CBr)CCSC(F)(F)F. The van der Waals surface area contributed by atoms with Gasteiger partial charge in [-0.2, -0.15) is 13.2 Å². The van der Waals surface area contributed by atoms with E-state index in [9.17, 15) is 13.2 Å². The van der Waals surface area contributed by atoms with Crippen molar-refractivity contribution in [1.29, 1.82) is 0 Å². The summed E-state index contributed by atoms with van der Waals surface area (Å²) < 4.78 is 35.2. The second-order valence-electron chi connectivity index (χ2n) is 2.89. The first kappa shape index (κ1) is 13.6. The third-order valence-corrected chi connectivity index (χ3v) is 3.39. The maximum atomic E-state index is 11.7. The summed E-state index contributed by atoms with van der Waals surface area (Å²) >= 11 is 3.39. The third kappa shape index (κ3) is 8.94. The van der Waals surface area contributed by atoms with Gasteiger partial charge in [-0.05, 0) is 18.8 Å². The smallest absolute Gasteiger partial charge is 0.160 e. The van der Waals surface area contributed by atoms with Gasteiger partial charge in [0.25, 0.3) is 0 Å². The summed E-state index contributed by atoms with van der Waals surface area (Å²) in [6.45, 7) is 2.05. The van der Waals surface area contributed by atoms with Crippen LogP contribution < -0.4 is 0 Å². The molecule has 0 aliphatic heterocycles. The van der Waals surface area contributed by atoms with Crippen LogP contribution in [0.5, 0.6) is 0 Å². The lowest BCUT2D eigenvalue weighted by Gasteiger charge is -2.12. The molecule has 0 aromatic heterocycles. The van der Waals surface area contributed by atoms with Crippen LogP contribution >= 0.6 is 27.7 Å². The van der Waals surface area contributed by atoms with Crippen LogP contribution in [0.25, 0.3) is 0 Å². The van der Waals surface area contributed by atoms with Gasteiger partial charge < -0.3 is 0 Å². The Balaban J connectivity index is 3.49. The van der Waals surface area contributed by atoms with E-state index in [1.807, 2.05) is 6.92 Å². The highest BCUT2D eigenvalue weighted by atomic mass is 79.9. The third-order valence-electron chi connectivity index (χ3n) is 1.71. The Kier molecular flexibility index (Phi) is 7.32. The molecule has 0 aromatic rings. The van der Waals surface area contributed by atoms with E-state index in [-0.39, 0.29) is 17.5 Å². The average molecular weight is 279 g/mol. The molecule has 0 aromatic carbocycles. The zero-order valence-electron chi connectivity index (χ0n) is 7.53. The van der Waals surface area contributed by atoms with Crippen LogP contribution in [0.15, 0.2) is 0 Å². The van der Waals surface area contributed by atoms with Crippen molar-refractivity contribution in [2.45, 2.75) is 31.7 Å². The molecule has 0 saturated carbocycles. The maximum absolute atomic E-state index is 11.7. The molecule has 0 aliphatic carbocycles. The van der Waals surface area contributed by atoms with Crippen molar-refractivity contribution >= 4 is 27.7 Å². The Morgan fingerprint density at radius 1 is 1.31 bits per heavy atom. The number of hydrogen-bond donors (Lipinski definition) is 0. The summed E-state index contributed by atoms with van der Waals surface area (Å²) in [5.41, 5.74) is -4.07. The Labute approximate surface area is 89.8 Å². The summed E-state index contributed by atoms with van der Waals surface area (Å²) in [7, 11) is 0. The number of hydrogen-bond acceptors (Lipinski definition) is 1. The average Bonchev–Trinajstić information content (AvgIpc) is 2.01. The summed E-state index contributed by atoms with van der Waals surface area (Å²) in [5, 5.41) is 0.805. The van der Waals surface area contributed by atoms with Gasteiger partial charge in [0.15, 0.2) is 0 Å². The van der Waals surface area contributed by atoms with E-state index in [1.54, 1.807) is 0 Å². The van der Waals surface area contributed by atoms with E-state index in [0.29, 0.717) is 12.3 Å². The van der Waals surface area contributed by atoms with E-state index in [2.05, 4.69) is 15.9 Å². The molecule has 0 fully saturated rings. The highest BCUT2D eigenvalue weighted by Crippen LogP contribution is 2.31. The number of rotatable bonds is 6. The lowest BCUT2D eigenvalue weighted by Crippen LogP contribution is -2.07. The minimum Gasteiger partial charge on any atom is -0.160 e. The monoisotopic (exact) mass is 278 g/mol. The van der Waals surface area contributed by atoms with Crippen LogP contribution in [0.2, 0.25) is 0 Å². The van der Waals surface area contributed by atoms with Gasteiger partial charge in [-0.3, -0.25) is 0 Å². The van der Waals surface area contributed by atoms with Gasteiger partial charge in [0.2, 0.25) is 0 Å². The first-order chi connectivity index (χ1) is 5.99. The zero-order chi connectivity index (χ0) is 10.3. The van der Waals surface area contributed by atoms with Crippen molar-refractivity contribution in [3.63, 3.8) is 0 Å². The standard InChI is InChI=1S/C8H14BrF3S/c1-2-3-7(6-9)4-5-13-8(10,11)12/h7H,2-6H2,1H3. The highest BCUT2D eigenvalue weighted by molar-refractivity contribution is 9.09. The van der Waals surface area contributed by atoms with Crippen molar-refractivity contribution in [2.75, 3.05) is 11.1 Å². The summed E-state index contributed by atoms with van der Waals surface area (Å²) in [5.74, 6) is 0.569. The van der Waals surface area contributed by atoms with Crippen LogP contribution in [0, 0.1) is 5.92 Å². The molecule has 13 heavy (non-hydrogen) atoms. The van der Waals surface area contributed by atoms with Crippen LogP contribution in [0.1, 0.15) is 26.2 Å². The molecule has 1 unspecified atom stereocenters. The van der Waals surface area contributed by atoms with Gasteiger partial charge in [-0.15, -0.1) is 0 Å². The van der Waals surface area contributed by atoms with Crippen molar-refractivity contribution in [3.8, 4) is 0 Å². The minimum absolute atomic E-state index is 0.0823. The van der Waals surface area contributed by atoms with E-state index < -0.39 is 5.51 Å². The summed E-state index contributed by atoms with van der Waals surface area (Å²) in [6, 6.07) is 0. The van der Waals surface area contributed by atoms with E-state index >= 15 is 0 Å². The fraction of sp³-hybridized carbons (Fsp3) is 1.00. The quantitative estimate of drug-likeness (QED) is 0.648.